The van der Waals surface area contributed by atoms with Crippen molar-refractivity contribution in [3.63, 3.8) is 0 Å². The number of rotatable bonds is 3. The normalized spacial score (nSPS) is 10.7. The zero-order valence-electron chi connectivity index (χ0n) is 12.9. The Balaban J connectivity index is 1.82. The van der Waals surface area contributed by atoms with Crippen LogP contribution in [0.25, 0.3) is 11.5 Å². The second kappa shape index (κ2) is 6.19. The van der Waals surface area contributed by atoms with Gasteiger partial charge in [0.2, 0.25) is 0 Å². The number of aryl methyl sites for hydroxylation is 2. The SMILES string of the molecule is Cc1cc(C)cc(C(=O)Nc2nnc(-c3ccc(F)cc3F)o2)c1. The van der Waals surface area contributed by atoms with Crippen molar-refractivity contribution in [2.75, 3.05) is 5.32 Å². The van der Waals surface area contributed by atoms with E-state index in [1.54, 1.807) is 12.1 Å². The Hall–Kier alpha value is -3.09. The number of benzene rings is 2. The summed E-state index contributed by atoms with van der Waals surface area (Å²) in [5.41, 5.74) is 2.29. The first kappa shape index (κ1) is 15.8. The van der Waals surface area contributed by atoms with Gasteiger partial charge in [-0.2, -0.15) is 0 Å². The van der Waals surface area contributed by atoms with Crippen LogP contribution in [-0.4, -0.2) is 16.1 Å². The van der Waals surface area contributed by atoms with E-state index in [1.807, 2.05) is 19.9 Å². The first-order chi connectivity index (χ1) is 11.4. The molecule has 1 heterocycles. The number of aromatic nitrogens is 2. The molecule has 122 valence electrons. The molecule has 7 heteroatoms. The summed E-state index contributed by atoms with van der Waals surface area (Å²) in [4.78, 5) is 12.2. The summed E-state index contributed by atoms with van der Waals surface area (Å²) in [7, 11) is 0. The van der Waals surface area contributed by atoms with Gasteiger partial charge in [0.05, 0.1) is 5.56 Å². The van der Waals surface area contributed by atoms with Gasteiger partial charge in [0.1, 0.15) is 11.6 Å². The molecule has 0 aliphatic heterocycles. The molecule has 0 bridgehead atoms. The third-order valence-electron chi connectivity index (χ3n) is 3.29. The molecule has 5 nitrogen and oxygen atoms in total. The molecule has 24 heavy (non-hydrogen) atoms. The highest BCUT2D eigenvalue weighted by atomic mass is 19.1. The molecule has 0 aliphatic rings. The molecule has 0 saturated heterocycles. The summed E-state index contributed by atoms with van der Waals surface area (Å²) in [5, 5.41) is 9.78. The average Bonchev–Trinajstić information content (AvgIpc) is 2.94. The quantitative estimate of drug-likeness (QED) is 0.792. The van der Waals surface area contributed by atoms with Crippen LogP contribution in [0, 0.1) is 25.5 Å². The molecule has 0 spiro atoms. The van der Waals surface area contributed by atoms with Crippen LogP contribution in [-0.2, 0) is 0 Å². The zero-order chi connectivity index (χ0) is 17.3. The van der Waals surface area contributed by atoms with Gasteiger partial charge in [0, 0.05) is 11.6 Å². The minimum Gasteiger partial charge on any atom is -0.403 e. The Labute approximate surface area is 136 Å². The molecule has 0 unspecified atom stereocenters. The van der Waals surface area contributed by atoms with Gasteiger partial charge in [-0.05, 0) is 38.1 Å². The van der Waals surface area contributed by atoms with Gasteiger partial charge in [0.15, 0.2) is 0 Å². The standard InChI is InChI=1S/C17H13F2N3O2/c1-9-5-10(2)7-11(6-9)15(23)20-17-22-21-16(24-17)13-4-3-12(18)8-14(13)19/h3-8H,1-2H3,(H,20,22,23). The number of hydrogen-bond acceptors (Lipinski definition) is 4. The minimum atomic E-state index is -0.828. The second-order valence-electron chi connectivity index (χ2n) is 5.37. The van der Waals surface area contributed by atoms with Crippen LogP contribution in [0.2, 0.25) is 0 Å². The summed E-state index contributed by atoms with van der Waals surface area (Å²) >= 11 is 0. The highest BCUT2D eigenvalue weighted by molar-refractivity contribution is 6.03. The third-order valence-corrected chi connectivity index (χ3v) is 3.29. The van der Waals surface area contributed by atoms with Crippen molar-refractivity contribution in [2.45, 2.75) is 13.8 Å². The van der Waals surface area contributed by atoms with Crippen LogP contribution in [0.1, 0.15) is 21.5 Å². The van der Waals surface area contributed by atoms with Crippen molar-refractivity contribution in [3.05, 3.63) is 64.7 Å². The number of anilines is 1. The predicted octanol–water partition coefficient (Wildman–Crippen LogP) is 3.88. The Morgan fingerprint density at radius 3 is 2.42 bits per heavy atom. The molecule has 0 aliphatic carbocycles. The molecular formula is C17H13F2N3O2. The summed E-state index contributed by atoms with van der Waals surface area (Å²) < 4.78 is 31.9. The Morgan fingerprint density at radius 2 is 1.75 bits per heavy atom. The molecule has 1 N–H and O–H groups in total. The lowest BCUT2D eigenvalue weighted by Gasteiger charge is -2.03. The number of carbonyl (C=O) groups is 1. The molecular weight excluding hydrogens is 316 g/mol. The third kappa shape index (κ3) is 3.29. The first-order valence-electron chi connectivity index (χ1n) is 7.11. The number of amides is 1. The van der Waals surface area contributed by atoms with Crippen molar-refractivity contribution in [1.82, 2.24) is 10.2 Å². The monoisotopic (exact) mass is 329 g/mol. The lowest BCUT2D eigenvalue weighted by molar-refractivity contribution is 0.102. The molecule has 1 aromatic heterocycles. The maximum absolute atomic E-state index is 13.7. The van der Waals surface area contributed by atoms with Crippen molar-refractivity contribution in [3.8, 4) is 11.5 Å². The van der Waals surface area contributed by atoms with Crippen LogP contribution >= 0.6 is 0 Å². The largest absolute Gasteiger partial charge is 0.403 e. The fourth-order valence-corrected chi connectivity index (χ4v) is 2.32. The van der Waals surface area contributed by atoms with E-state index in [4.69, 9.17) is 4.42 Å². The average molecular weight is 329 g/mol. The summed E-state index contributed by atoms with van der Waals surface area (Å²) in [6.45, 7) is 3.76. The topological polar surface area (TPSA) is 68.0 Å². The van der Waals surface area contributed by atoms with E-state index >= 15 is 0 Å². The van der Waals surface area contributed by atoms with Crippen LogP contribution < -0.4 is 5.32 Å². The molecule has 0 fully saturated rings. The van der Waals surface area contributed by atoms with Gasteiger partial charge >= 0.3 is 6.01 Å². The van der Waals surface area contributed by atoms with Crippen molar-refractivity contribution >= 4 is 11.9 Å². The first-order valence-corrected chi connectivity index (χ1v) is 7.11. The Kier molecular flexibility index (Phi) is 4.07. The molecule has 0 radical (unpaired) electrons. The van der Waals surface area contributed by atoms with Crippen LogP contribution in [0.5, 0.6) is 0 Å². The van der Waals surface area contributed by atoms with Crippen molar-refractivity contribution in [2.24, 2.45) is 0 Å². The van der Waals surface area contributed by atoms with Crippen LogP contribution in [0.4, 0.5) is 14.8 Å². The maximum Gasteiger partial charge on any atom is 0.322 e. The predicted molar refractivity (Wildman–Crippen MR) is 83.5 cm³/mol. The second-order valence-corrected chi connectivity index (χ2v) is 5.37. The van der Waals surface area contributed by atoms with E-state index in [0.717, 1.165) is 17.2 Å². The summed E-state index contributed by atoms with van der Waals surface area (Å²) in [6.07, 6.45) is 0. The highest BCUT2D eigenvalue weighted by Gasteiger charge is 2.16. The molecule has 2 aromatic carbocycles. The van der Waals surface area contributed by atoms with E-state index in [-0.39, 0.29) is 17.5 Å². The van der Waals surface area contributed by atoms with Gasteiger partial charge in [0.25, 0.3) is 11.8 Å². The fourth-order valence-electron chi connectivity index (χ4n) is 2.32. The number of nitrogens with zero attached hydrogens (tertiary/aromatic N) is 2. The molecule has 0 saturated carbocycles. The minimum absolute atomic E-state index is 0.0456. The van der Waals surface area contributed by atoms with Gasteiger partial charge in [-0.15, -0.1) is 5.10 Å². The van der Waals surface area contributed by atoms with E-state index in [0.29, 0.717) is 11.6 Å². The molecule has 0 atom stereocenters. The fraction of sp³-hybridized carbons (Fsp3) is 0.118. The Bertz CT molecular complexity index is 902. The lowest BCUT2D eigenvalue weighted by Crippen LogP contribution is -2.12. The van der Waals surface area contributed by atoms with Crippen LogP contribution in [0.15, 0.2) is 40.8 Å². The number of halogens is 2. The zero-order valence-corrected chi connectivity index (χ0v) is 12.9. The number of nitrogens with one attached hydrogen (secondary N) is 1. The summed E-state index contributed by atoms with van der Waals surface area (Å²) in [6, 6.07) is 8.20. The van der Waals surface area contributed by atoms with E-state index in [9.17, 15) is 13.6 Å². The lowest BCUT2D eigenvalue weighted by atomic mass is 10.1. The van der Waals surface area contributed by atoms with Gasteiger partial charge in [-0.25, -0.2) is 8.78 Å². The van der Waals surface area contributed by atoms with Crippen molar-refractivity contribution in [1.29, 1.82) is 0 Å². The van der Waals surface area contributed by atoms with E-state index in [1.165, 1.54) is 6.07 Å². The van der Waals surface area contributed by atoms with Crippen molar-refractivity contribution < 1.29 is 18.0 Å². The van der Waals surface area contributed by atoms with Gasteiger partial charge < -0.3 is 4.42 Å². The highest BCUT2D eigenvalue weighted by Crippen LogP contribution is 2.23. The Morgan fingerprint density at radius 1 is 1.04 bits per heavy atom. The maximum atomic E-state index is 13.7. The molecule has 1 amide bonds. The number of carbonyl (C=O) groups excluding carboxylic acids is 1. The van der Waals surface area contributed by atoms with E-state index < -0.39 is 17.5 Å². The molecule has 3 rings (SSSR count). The summed E-state index contributed by atoms with van der Waals surface area (Å²) in [5.74, 6) is -2.11. The van der Waals surface area contributed by atoms with Gasteiger partial charge in [-0.1, -0.05) is 22.3 Å². The molecule has 3 aromatic rings. The smallest absolute Gasteiger partial charge is 0.322 e. The van der Waals surface area contributed by atoms with E-state index in [2.05, 4.69) is 15.5 Å². The van der Waals surface area contributed by atoms with Crippen LogP contribution in [0.3, 0.4) is 0 Å². The number of hydrogen-bond donors (Lipinski definition) is 1. The van der Waals surface area contributed by atoms with Gasteiger partial charge in [-0.3, -0.25) is 10.1 Å².